The van der Waals surface area contributed by atoms with Gasteiger partial charge in [0, 0.05) is 12.0 Å². The van der Waals surface area contributed by atoms with Gasteiger partial charge in [-0.2, -0.15) is 10.5 Å². The van der Waals surface area contributed by atoms with Crippen LogP contribution < -0.4 is 0 Å². The van der Waals surface area contributed by atoms with E-state index in [9.17, 15) is 4.79 Å². The molecule has 2 rings (SSSR count). The number of carbonyl (C=O) groups is 1. The van der Waals surface area contributed by atoms with Crippen molar-refractivity contribution in [3.63, 3.8) is 0 Å². The highest BCUT2D eigenvalue weighted by Gasteiger charge is 2.36. The van der Waals surface area contributed by atoms with E-state index >= 15 is 0 Å². The van der Waals surface area contributed by atoms with E-state index in [4.69, 9.17) is 14.9 Å². The van der Waals surface area contributed by atoms with Crippen molar-refractivity contribution in [2.45, 2.75) is 19.3 Å². The molecule has 0 aliphatic heterocycles. The lowest BCUT2D eigenvalue weighted by Crippen LogP contribution is -2.30. The Balaban J connectivity index is 1.97. The zero-order chi connectivity index (χ0) is 14.5. The summed E-state index contributed by atoms with van der Waals surface area (Å²) in [6.45, 7) is 1.98. The Morgan fingerprint density at radius 3 is 2.65 bits per heavy atom. The summed E-state index contributed by atoms with van der Waals surface area (Å²) in [5.41, 5.74) is 0. The highest BCUT2D eigenvalue weighted by atomic mass is 16.3. The minimum Gasteiger partial charge on any atom is -0.461 e. The van der Waals surface area contributed by atoms with Gasteiger partial charge < -0.3 is 9.32 Å². The van der Waals surface area contributed by atoms with E-state index in [1.54, 1.807) is 6.08 Å². The van der Waals surface area contributed by atoms with Crippen LogP contribution in [0.15, 0.2) is 22.6 Å². The molecule has 5 heteroatoms. The van der Waals surface area contributed by atoms with Crippen LogP contribution in [-0.2, 0) is 4.79 Å². The van der Waals surface area contributed by atoms with Crippen molar-refractivity contribution in [1.29, 1.82) is 10.5 Å². The van der Waals surface area contributed by atoms with E-state index < -0.39 is 0 Å². The van der Waals surface area contributed by atoms with Crippen LogP contribution in [0.5, 0.6) is 0 Å². The maximum Gasteiger partial charge on any atom is 0.248 e. The topological polar surface area (TPSA) is 81.0 Å². The molecule has 2 atom stereocenters. The Kier molecular flexibility index (Phi) is 4.22. The fourth-order valence-electron chi connectivity index (χ4n) is 2.02. The van der Waals surface area contributed by atoms with Crippen LogP contribution in [0.2, 0.25) is 0 Å². The lowest BCUT2D eigenvalue weighted by Gasteiger charge is -2.12. The molecule has 1 aliphatic rings. The van der Waals surface area contributed by atoms with Crippen molar-refractivity contribution in [3.8, 4) is 12.1 Å². The Morgan fingerprint density at radius 1 is 1.45 bits per heavy atom. The fraction of sp³-hybridized carbons (Fsp3) is 0.400. The second-order valence-electron chi connectivity index (χ2n) is 4.90. The van der Waals surface area contributed by atoms with Crippen molar-refractivity contribution in [1.82, 2.24) is 4.90 Å². The first kappa shape index (κ1) is 13.9. The highest BCUT2D eigenvalue weighted by molar-refractivity contribution is 5.91. The highest BCUT2D eigenvalue weighted by Crippen LogP contribution is 2.47. The summed E-state index contributed by atoms with van der Waals surface area (Å²) in [4.78, 5) is 13.0. The van der Waals surface area contributed by atoms with Crippen LogP contribution >= 0.6 is 0 Å². The van der Waals surface area contributed by atoms with Gasteiger partial charge in [-0.3, -0.25) is 4.79 Å². The van der Waals surface area contributed by atoms with Gasteiger partial charge in [0.05, 0.1) is 12.1 Å². The second kappa shape index (κ2) is 6.08. The van der Waals surface area contributed by atoms with E-state index in [0.29, 0.717) is 17.6 Å². The molecule has 1 amide bonds. The molecule has 20 heavy (non-hydrogen) atoms. The van der Waals surface area contributed by atoms with Gasteiger partial charge in [-0.1, -0.05) is 6.92 Å². The molecule has 2 unspecified atom stereocenters. The third kappa shape index (κ3) is 3.27. The zero-order valence-electron chi connectivity index (χ0n) is 11.2. The van der Waals surface area contributed by atoms with E-state index in [2.05, 4.69) is 6.92 Å². The first-order valence-corrected chi connectivity index (χ1v) is 6.46. The molecule has 1 aromatic heterocycles. The number of furan rings is 1. The Labute approximate surface area is 117 Å². The predicted molar refractivity (Wildman–Crippen MR) is 72.1 cm³/mol. The monoisotopic (exact) mass is 269 g/mol. The second-order valence-corrected chi connectivity index (χ2v) is 4.90. The summed E-state index contributed by atoms with van der Waals surface area (Å²) in [5, 5.41) is 17.2. The van der Waals surface area contributed by atoms with Gasteiger partial charge in [0.2, 0.25) is 5.91 Å². The SMILES string of the molecule is CC1CC1c1ccc(/C=C/C(=O)N(CC#N)CC#N)o1. The number of amides is 1. The van der Waals surface area contributed by atoms with Crippen molar-refractivity contribution in [2.24, 2.45) is 5.92 Å². The summed E-state index contributed by atoms with van der Waals surface area (Å²) in [7, 11) is 0. The normalized spacial score (nSPS) is 20.4. The molecule has 102 valence electrons. The van der Waals surface area contributed by atoms with Crippen molar-refractivity contribution >= 4 is 12.0 Å². The van der Waals surface area contributed by atoms with Gasteiger partial charge in [0.1, 0.15) is 24.6 Å². The average molecular weight is 269 g/mol. The zero-order valence-corrected chi connectivity index (χ0v) is 11.2. The molecule has 0 saturated heterocycles. The third-order valence-electron chi connectivity index (χ3n) is 3.35. The molecule has 1 aliphatic carbocycles. The molecule has 0 radical (unpaired) electrons. The molecule has 1 aromatic rings. The summed E-state index contributed by atoms with van der Waals surface area (Å²) < 4.78 is 5.64. The summed E-state index contributed by atoms with van der Waals surface area (Å²) in [6, 6.07) is 7.47. The summed E-state index contributed by atoms with van der Waals surface area (Å²) in [5.74, 6) is 2.37. The molecular formula is C15H15N3O2. The quantitative estimate of drug-likeness (QED) is 0.606. The molecule has 1 saturated carbocycles. The summed E-state index contributed by atoms with van der Waals surface area (Å²) in [6.07, 6.45) is 4.04. The largest absolute Gasteiger partial charge is 0.461 e. The molecular weight excluding hydrogens is 254 g/mol. The third-order valence-corrected chi connectivity index (χ3v) is 3.35. The minimum absolute atomic E-state index is 0.0975. The molecule has 0 N–H and O–H groups in total. The molecule has 5 nitrogen and oxygen atoms in total. The predicted octanol–water partition coefficient (Wildman–Crippen LogP) is 2.29. The minimum atomic E-state index is -0.370. The maximum absolute atomic E-state index is 11.8. The van der Waals surface area contributed by atoms with Gasteiger partial charge in [0.25, 0.3) is 0 Å². The molecule has 1 fully saturated rings. The van der Waals surface area contributed by atoms with Crippen molar-refractivity contribution in [3.05, 3.63) is 29.7 Å². The van der Waals surface area contributed by atoms with Crippen LogP contribution in [0.4, 0.5) is 0 Å². The van der Waals surface area contributed by atoms with Crippen molar-refractivity contribution < 1.29 is 9.21 Å². The average Bonchev–Trinajstić information content (AvgIpc) is 2.99. The van der Waals surface area contributed by atoms with Crippen molar-refractivity contribution in [2.75, 3.05) is 13.1 Å². The number of carbonyl (C=O) groups excluding carboxylic acids is 1. The van der Waals surface area contributed by atoms with Gasteiger partial charge in [-0.05, 0) is 30.5 Å². The fourth-order valence-corrected chi connectivity index (χ4v) is 2.02. The number of nitriles is 2. The number of rotatable bonds is 5. The van der Waals surface area contributed by atoms with E-state index in [0.717, 1.165) is 12.2 Å². The number of hydrogen-bond acceptors (Lipinski definition) is 4. The van der Waals surface area contributed by atoms with Crippen LogP contribution in [-0.4, -0.2) is 23.9 Å². The molecule has 0 aromatic carbocycles. The van der Waals surface area contributed by atoms with E-state index in [-0.39, 0.29) is 19.0 Å². The van der Waals surface area contributed by atoms with Gasteiger partial charge in [-0.15, -0.1) is 0 Å². The molecule has 0 spiro atoms. The summed E-state index contributed by atoms with van der Waals surface area (Å²) >= 11 is 0. The lowest BCUT2D eigenvalue weighted by molar-refractivity contribution is -0.124. The number of hydrogen-bond donors (Lipinski definition) is 0. The van der Waals surface area contributed by atoms with Gasteiger partial charge >= 0.3 is 0 Å². The van der Waals surface area contributed by atoms with Crippen LogP contribution in [0.25, 0.3) is 6.08 Å². The van der Waals surface area contributed by atoms with Crippen LogP contribution in [0.3, 0.4) is 0 Å². The van der Waals surface area contributed by atoms with Crippen LogP contribution in [0, 0.1) is 28.6 Å². The number of nitrogens with zero attached hydrogens (tertiary/aromatic N) is 3. The maximum atomic E-state index is 11.8. The van der Waals surface area contributed by atoms with E-state index in [1.165, 1.54) is 11.0 Å². The van der Waals surface area contributed by atoms with E-state index in [1.807, 2.05) is 24.3 Å². The van der Waals surface area contributed by atoms with Crippen LogP contribution in [0.1, 0.15) is 30.8 Å². The van der Waals surface area contributed by atoms with Gasteiger partial charge in [0.15, 0.2) is 0 Å². The smallest absolute Gasteiger partial charge is 0.248 e. The molecule has 0 bridgehead atoms. The molecule has 1 heterocycles. The first-order chi connectivity index (χ1) is 9.65. The Hall–Kier alpha value is -2.53. The first-order valence-electron chi connectivity index (χ1n) is 6.46. The van der Waals surface area contributed by atoms with Gasteiger partial charge in [-0.25, -0.2) is 0 Å². The Bertz CT molecular complexity index is 587. The lowest BCUT2D eigenvalue weighted by atomic mass is 10.3. The standard InChI is InChI=1S/C15H15N3O2/c1-11-10-13(11)14-4-2-12(20-14)3-5-15(19)18(8-6-16)9-7-17/h2-5,11,13H,8-10H2,1H3/b5-3+. The Morgan fingerprint density at radius 2 is 2.10 bits per heavy atom.